The Morgan fingerprint density at radius 3 is 2.38 bits per heavy atom. The van der Waals surface area contributed by atoms with E-state index < -0.39 is 0 Å². The van der Waals surface area contributed by atoms with Gasteiger partial charge in [-0.15, -0.1) is 0 Å². The molecule has 0 amide bonds. The van der Waals surface area contributed by atoms with Crippen LogP contribution < -0.4 is 4.74 Å². The summed E-state index contributed by atoms with van der Waals surface area (Å²) in [5.74, 6) is 0.896. The summed E-state index contributed by atoms with van der Waals surface area (Å²) in [5, 5.41) is 0. The number of hydrogen-bond acceptors (Lipinski definition) is 1. The molecule has 0 aliphatic heterocycles. The first-order valence-corrected chi connectivity index (χ1v) is 4.60. The maximum atomic E-state index is 5.08. The highest BCUT2D eigenvalue weighted by Crippen LogP contribution is 2.20. The third-order valence-corrected chi connectivity index (χ3v) is 2.05. The van der Waals surface area contributed by atoms with Crippen LogP contribution in [0, 0.1) is 0 Å². The molecule has 0 bridgehead atoms. The number of rotatable bonds is 4. The lowest BCUT2D eigenvalue weighted by molar-refractivity contribution is 0.415. The lowest BCUT2D eigenvalue weighted by atomic mass is 10.0. The van der Waals surface area contributed by atoms with E-state index in [1.807, 2.05) is 12.1 Å². The molecule has 0 aliphatic carbocycles. The van der Waals surface area contributed by atoms with Gasteiger partial charge in [-0.25, -0.2) is 0 Å². The van der Waals surface area contributed by atoms with E-state index in [0.717, 1.165) is 18.6 Å². The molecule has 0 aromatic heterocycles. The SMILES string of the molecule is C=C(CCC)c1ccc(OC)cc1. The summed E-state index contributed by atoms with van der Waals surface area (Å²) in [6, 6.07) is 8.04. The van der Waals surface area contributed by atoms with Crippen molar-refractivity contribution in [2.75, 3.05) is 7.11 Å². The van der Waals surface area contributed by atoms with E-state index in [1.54, 1.807) is 7.11 Å². The molecule has 1 heteroatoms. The van der Waals surface area contributed by atoms with Crippen LogP contribution >= 0.6 is 0 Å². The second kappa shape index (κ2) is 4.70. The highest BCUT2D eigenvalue weighted by Gasteiger charge is 1.97. The fourth-order valence-electron chi connectivity index (χ4n) is 1.27. The van der Waals surface area contributed by atoms with Crippen molar-refractivity contribution in [3.8, 4) is 5.75 Å². The third-order valence-electron chi connectivity index (χ3n) is 2.05. The number of hydrogen-bond donors (Lipinski definition) is 0. The van der Waals surface area contributed by atoms with Crippen LogP contribution in [-0.2, 0) is 0 Å². The van der Waals surface area contributed by atoms with Crippen molar-refractivity contribution >= 4 is 5.57 Å². The van der Waals surface area contributed by atoms with Gasteiger partial charge in [-0.05, 0) is 29.7 Å². The van der Waals surface area contributed by atoms with E-state index in [1.165, 1.54) is 11.1 Å². The maximum Gasteiger partial charge on any atom is 0.118 e. The van der Waals surface area contributed by atoms with Gasteiger partial charge in [-0.2, -0.15) is 0 Å². The summed E-state index contributed by atoms with van der Waals surface area (Å²) in [4.78, 5) is 0. The standard InChI is InChI=1S/C12H16O/c1-4-5-10(2)11-6-8-12(13-3)9-7-11/h6-9H,2,4-5H2,1,3H3. The van der Waals surface area contributed by atoms with Crippen molar-refractivity contribution < 1.29 is 4.74 Å². The van der Waals surface area contributed by atoms with Crippen molar-refractivity contribution in [1.29, 1.82) is 0 Å². The van der Waals surface area contributed by atoms with Crippen LogP contribution in [0.25, 0.3) is 5.57 Å². The quantitative estimate of drug-likeness (QED) is 0.682. The Labute approximate surface area is 80.0 Å². The molecule has 70 valence electrons. The average molecular weight is 176 g/mol. The molecular weight excluding hydrogens is 160 g/mol. The van der Waals surface area contributed by atoms with E-state index in [4.69, 9.17) is 4.74 Å². The summed E-state index contributed by atoms with van der Waals surface area (Å²) < 4.78 is 5.08. The molecule has 1 nitrogen and oxygen atoms in total. The van der Waals surface area contributed by atoms with Crippen molar-refractivity contribution in [2.45, 2.75) is 19.8 Å². The van der Waals surface area contributed by atoms with Gasteiger partial charge in [0, 0.05) is 0 Å². The molecule has 1 aromatic rings. The Bertz CT molecular complexity index is 272. The zero-order valence-electron chi connectivity index (χ0n) is 8.34. The van der Waals surface area contributed by atoms with Crippen molar-refractivity contribution in [3.63, 3.8) is 0 Å². The number of allylic oxidation sites excluding steroid dienone is 1. The Balaban J connectivity index is 2.74. The molecule has 0 heterocycles. The smallest absolute Gasteiger partial charge is 0.118 e. The average Bonchev–Trinajstić information content (AvgIpc) is 2.18. The second-order valence-corrected chi connectivity index (χ2v) is 3.08. The molecule has 0 saturated heterocycles. The normalized spacial score (nSPS) is 9.69. The Morgan fingerprint density at radius 1 is 1.31 bits per heavy atom. The first kappa shape index (κ1) is 9.85. The number of ether oxygens (including phenoxy) is 1. The van der Waals surface area contributed by atoms with Gasteiger partial charge in [-0.1, -0.05) is 32.1 Å². The summed E-state index contributed by atoms with van der Waals surface area (Å²) in [6.07, 6.45) is 2.21. The first-order valence-electron chi connectivity index (χ1n) is 4.60. The summed E-state index contributed by atoms with van der Waals surface area (Å²) in [5.41, 5.74) is 2.41. The Hall–Kier alpha value is -1.24. The minimum absolute atomic E-state index is 0.896. The van der Waals surface area contributed by atoms with Crippen LogP contribution in [0.5, 0.6) is 5.75 Å². The molecule has 0 radical (unpaired) electrons. The molecule has 0 fully saturated rings. The van der Waals surface area contributed by atoms with E-state index in [9.17, 15) is 0 Å². The third kappa shape index (κ3) is 2.62. The lowest BCUT2D eigenvalue weighted by Gasteiger charge is -2.05. The highest BCUT2D eigenvalue weighted by atomic mass is 16.5. The predicted octanol–water partition coefficient (Wildman–Crippen LogP) is 3.51. The molecule has 13 heavy (non-hydrogen) atoms. The molecule has 0 saturated carbocycles. The molecule has 0 unspecified atom stereocenters. The van der Waals surface area contributed by atoms with Crippen LogP contribution in [0.3, 0.4) is 0 Å². The Kier molecular flexibility index (Phi) is 3.56. The molecule has 0 atom stereocenters. The predicted molar refractivity (Wildman–Crippen MR) is 56.9 cm³/mol. The van der Waals surface area contributed by atoms with Crippen molar-refractivity contribution in [3.05, 3.63) is 36.4 Å². The molecule has 1 aromatic carbocycles. The Morgan fingerprint density at radius 2 is 1.92 bits per heavy atom. The highest BCUT2D eigenvalue weighted by molar-refractivity contribution is 5.63. The molecule has 0 N–H and O–H groups in total. The number of methoxy groups -OCH3 is 1. The monoisotopic (exact) mass is 176 g/mol. The van der Waals surface area contributed by atoms with Gasteiger partial charge >= 0.3 is 0 Å². The molecule has 0 spiro atoms. The topological polar surface area (TPSA) is 9.23 Å². The van der Waals surface area contributed by atoms with Gasteiger partial charge in [0.2, 0.25) is 0 Å². The van der Waals surface area contributed by atoms with Gasteiger partial charge < -0.3 is 4.74 Å². The van der Waals surface area contributed by atoms with Gasteiger partial charge in [0.15, 0.2) is 0 Å². The van der Waals surface area contributed by atoms with E-state index >= 15 is 0 Å². The fourth-order valence-corrected chi connectivity index (χ4v) is 1.27. The molecular formula is C12H16O. The minimum atomic E-state index is 0.896. The zero-order valence-corrected chi connectivity index (χ0v) is 8.34. The van der Waals surface area contributed by atoms with Gasteiger partial charge in [0.05, 0.1) is 7.11 Å². The zero-order chi connectivity index (χ0) is 9.68. The van der Waals surface area contributed by atoms with E-state index in [0.29, 0.717) is 0 Å². The number of benzene rings is 1. The minimum Gasteiger partial charge on any atom is -0.497 e. The summed E-state index contributed by atoms with van der Waals surface area (Å²) in [6.45, 7) is 6.19. The molecule has 1 rings (SSSR count). The van der Waals surface area contributed by atoms with Crippen LogP contribution in [-0.4, -0.2) is 7.11 Å². The van der Waals surface area contributed by atoms with Gasteiger partial charge in [0.25, 0.3) is 0 Å². The van der Waals surface area contributed by atoms with Crippen LogP contribution in [0.4, 0.5) is 0 Å². The van der Waals surface area contributed by atoms with Crippen LogP contribution in [0.15, 0.2) is 30.8 Å². The van der Waals surface area contributed by atoms with E-state index in [-0.39, 0.29) is 0 Å². The lowest BCUT2D eigenvalue weighted by Crippen LogP contribution is -1.85. The van der Waals surface area contributed by atoms with Crippen LogP contribution in [0.2, 0.25) is 0 Å². The van der Waals surface area contributed by atoms with Gasteiger partial charge in [0.1, 0.15) is 5.75 Å². The van der Waals surface area contributed by atoms with E-state index in [2.05, 4.69) is 25.6 Å². The first-order chi connectivity index (χ1) is 6.27. The maximum absolute atomic E-state index is 5.08. The van der Waals surface area contributed by atoms with Crippen LogP contribution in [0.1, 0.15) is 25.3 Å². The van der Waals surface area contributed by atoms with Gasteiger partial charge in [-0.3, -0.25) is 0 Å². The van der Waals surface area contributed by atoms with Crippen molar-refractivity contribution in [2.24, 2.45) is 0 Å². The second-order valence-electron chi connectivity index (χ2n) is 3.08. The molecule has 0 aliphatic rings. The largest absolute Gasteiger partial charge is 0.497 e. The van der Waals surface area contributed by atoms with Crippen molar-refractivity contribution in [1.82, 2.24) is 0 Å². The fraction of sp³-hybridized carbons (Fsp3) is 0.333. The summed E-state index contributed by atoms with van der Waals surface area (Å²) >= 11 is 0. The summed E-state index contributed by atoms with van der Waals surface area (Å²) in [7, 11) is 1.68.